The highest BCUT2D eigenvalue weighted by molar-refractivity contribution is 5.97. The molecule has 5 aromatic heterocycles. The molecule has 9 nitrogen and oxygen atoms in total. The molecule has 0 radical (unpaired) electrons. The Labute approximate surface area is 238 Å². The molecule has 0 saturated carbocycles. The largest absolute Gasteiger partial charge is 0.336 e. The molecule has 1 amide bonds. The van der Waals surface area contributed by atoms with Gasteiger partial charge in [-0.15, -0.1) is 0 Å². The van der Waals surface area contributed by atoms with E-state index in [9.17, 15) is 9.18 Å². The van der Waals surface area contributed by atoms with Crippen LogP contribution in [0, 0.1) is 12.7 Å². The van der Waals surface area contributed by atoms with E-state index in [1.165, 1.54) is 12.1 Å². The van der Waals surface area contributed by atoms with E-state index in [1.54, 1.807) is 24.8 Å². The number of nitrogens with one attached hydrogen (secondary N) is 3. The number of anilines is 1. The van der Waals surface area contributed by atoms with Gasteiger partial charge in [0.2, 0.25) is 5.91 Å². The third kappa shape index (κ3) is 4.86. The van der Waals surface area contributed by atoms with Crippen LogP contribution in [-0.2, 0) is 11.2 Å². The number of imidazole rings is 1. The molecule has 204 valence electrons. The van der Waals surface area contributed by atoms with E-state index in [2.05, 4.69) is 35.5 Å². The summed E-state index contributed by atoms with van der Waals surface area (Å²) in [6, 6.07) is 19.9. The molecule has 0 unspecified atom stereocenters. The van der Waals surface area contributed by atoms with Gasteiger partial charge in [0.25, 0.3) is 0 Å². The van der Waals surface area contributed by atoms with E-state index in [-0.39, 0.29) is 18.1 Å². The summed E-state index contributed by atoms with van der Waals surface area (Å²) < 4.78 is 14.2. The predicted molar refractivity (Wildman–Crippen MR) is 159 cm³/mol. The maximum absolute atomic E-state index is 14.2. The van der Waals surface area contributed by atoms with Crippen LogP contribution < -0.4 is 5.32 Å². The zero-order chi connectivity index (χ0) is 28.6. The number of amides is 1. The summed E-state index contributed by atoms with van der Waals surface area (Å²) in [5.41, 5.74) is 7.63. The molecule has 3 N–H and O–H groups in total. The van der Waals surface area contributed by atoms with E-state index in [0.29, 0.717) is 39.7 Å². The van der Waals surface area contributed by atoms with Crippen LogP contribution in [0.1, 0.15) is 11.1 Å². The molecule has 2 aromatic carbocycles. The SMILES string of the molecule is Cc1cc(F)cc(-c2nccc3[nH]c(-c4n[nH]c5cnc(-c6cncc(NC(=O)Cc7ccccc7)c6)cc45)nc23)c1. The molecule has 0 saturated heterocycles. The number of rotatable bonds is 6. The van der Waals surface area contributed by atoms with Gasteiger partial charge in [-0.05, 0) is 54.4 Å². The molecule has 0 aliphatic heterocycles. The number of fused-ring (bicyclic) bond motifs is 2. The maximum atomic E-state index is 14.2. The van der Waals surface area contributed by atoms with Gasteiger partial charge in [0.15, 0.2) is 5.82 Å². The number of hydrogen-bond donors (Lipinski definition) is 3. The number of hydrogen-bond acceptors (Lipinski definition) is 6. The molecule has 0 atom stereocenters. The van der Waals surface area contributed by atoms with Gasteiger partial charge in [0, 0.05) is 28.9 Å². The van der Waals surface area contributed by atoms with Gasteiger partial charge in [-0.25, -0.2) is 9.37 Å². The number of carbonyl (C=O) groups is 1. The summed E-state index contributed by atoms with van der Waals surface area (Å²) in [6.45, 7) is 1.84. The van der Waals surface area contributed by atoms with E-state index >= 15 is 0 Å². The van der Waals surface area contributed by atoms with Gasteiger partial charge in [0.1, 0.15) is 17.0 Å². The van der Waals surface area contributed by atoms with Gasteiger partial charge in [0.05, 0.1) is 46.9 Å². The third-order valence-corrected chi connectivity index (χ3v) is 6.91. The number of aryl methyl sites for hydroxylation is 1. The molecule has 0 fully saturated rings. The Hall–Kier alpha value is -5.77. The van der Waals surface area contributed by atoms with Crippen molar-refractivity contribution in [1.82, 2.24) is 35.1 Å². The van der Waals surface area contributed by atoms with E-state index in [4.69, 9.17) is 4.98 Å². The predicted octanol–water partition coefficient (Wildman–Crippen LogP) is 6.25. The van der Waals surface area contributed by atoms with Crippen molar-refractivity contribution in [3.63, 3.8) is 0 Å². The van der Waals surface area contributed by atoms with E-state index in [0.717, 1.165) is 33.1 Å². The minimum Gasteiger partial charge on any atom is -0.336 e. The molecular formula is C32H23FN8O. The zero-order valence-corrected chi connectivity index (χ0v) is 22.4. The van der Waals surface area contributed by atoms with Crippen molar-refractivity contribution in [2.75, 3.05) is 5.32 Å². The van der Waals surface area contributed by atoms with Crippen molar-refractivity contribution in [3.8, 4) is 34.0 Å². The fraction of sp³-hybridized carbons (Fsp3) is 0.0625. The Morgan fingerprint density at radius 3 is 2.64 bits per heavy atom. The average molecular weight is 555 g/mol. The molecule has 7 rings (SSSR count). The standard InChI is InChI=1S/C32H23FN8O/c1-18-9-20(12-22(33)10-18)29-31-25(7-8-35-29)38-32(39-31)30-24-14-26(36-17-27(24)40-41-30)21-13-23(16-34-15-21)37-28(42)11-19-5-3-2-4-6-19/h2-10,12-17H,11H2,1H3,(H,37,42)(H,38,39)(H,40,41). The Kier molecular flexibility index (Phi) is 6.20. The second kappa shape index (κ2) is 10.3. The van der Waals surface area contributed by atoms with Crippen molar-refractivity contribution in [2.24, 2.45) is 0 Å². The monoisotopic (exact) mass is 554 g/mol. The molecule has 0 aliphatic rings. The number of benzene rings is 2. The van der Waals surface area contributed by atoms with Crippen LogP contribution in [0.5, 0.6) is 0 Å². The topological polar surface area (TPSA) is 125 Å². The van der Waals surface area contributed by atoms with Crippen molar-refractivity contribution in [1.29, 1.82) is 0 Å². The van der Waals surface area contributed by atoms with Crippen molar-refractivity contribution < 1.29 is 9.18 Å². The second-order valence-electron chi connectivity index (χ2n) is 10.0. The van der Waals surface area contributed by atoms with Crippen molar-refractivity contribution >= 4 is 33.5 Å². The first-order valence-corrected chi connectivity index (χ1v) is 13.3. The van der Waals surface area contributed by atoms with Gasteiger partial charge in [-0.2, -0.15) is 5.10 Å². The van der Waals surface area contributed by atoms with Crippen LogP contribution in [0.15, 0.2) is 91.5 Å². The number of nitrogens with zero attached hydrogens (tertiary/aromatic N) is 5. The molecule has 0 aliphatic carbocycles. The minimum absolute atomic E-state index is 0.132. The molecule has 42 heavy (non-hydrogen) atoms. The molecule has 10 heteroatoms. The highest BCUT2D eigenvalue weighted by Gasteiger charge is 2.17. The normalized spacial score (nSPS) is 11.3. The molecule has 5 heterocycles. The fourth-order valence-electron chi connectivity index (χ4n) is 5.02. The number of pyridine rings is 3. The van der Waals surface area contributed by atoms with Crippen LogP contribution in [-0.4, -0.2) is 41.0 Å². The first kappa shape index (κ1) is 25.2. The van der Waals surface area contributed by atoms with Gasteiger partial charge in [-0.3, -0.25) is 24.8 Å². The van der Waals surface area contributed by atoms with E-state index < -0.39 is 0 Å². The Morgan fingerprint density at radius 1 is 0.905 bits per heavy atom. The van der Waals surface area contributed by atoms with Gasteiger partial charge in [-0.1, -0.05) is 30.3 Å². The quantitative estimate of drug-likeness (QED) is 0.223. The van der Waals surface area contributed by atoms with Crippen LogP contribution in [0.2, 0.25) is 0 Å². The number of H-pyrrole nitrogens is 2. The lowest BCUT2D eigenvalue weighted by molar-refractivity contribution is -0.115. The van der Waals surface area contributed by atoms with Crippen LogP contribution in [0.3, 0.4) is 0 Å². The highest BCUT2D eigenvalue weighted by atomic mass is 19.1. The summed E-state index contributed by atoms with van der Waals surface area (Å²) in [6.07, 6.45) is 6.94. The Bertz CT molecular complexity index is 2080. The molecule has 7 aromatic rings. The summed E-state index contributed by atoms with van der Waals surface area (Å²) in [4.78, 5) is 34.1. The lowest BCUT2D eigenvalue weighted by Crippen LogP contribution is -2.14. The first-order chi connectivity index (χ1) is 20.5. The van der Waals surface area contributed by atoms with Gasteiger partial charge >= 0.3 is 0 Å². The number of aromatic amines is 2. The van der Waals surface area contributed by atoms with E-state index in [1.807, 2.05) is 61.5 Å². The third-order valence-electron chi connectivity index (χ3n) is 6.91. The second-order valence-corrected chi connectivity index (χ2v) is 10.0. The lowest BCUT2D eigenvalue weighted by Gasteiger charge is -2.07. The Morgan fingerprint density at radius 2 is 1.79 bits per heavy atom. The lowest BCUT2D eigenvalue weighted by atomic mass is 10.1. The Balaban J connectivity index is 1.22. The van der Waals surface area contributed by atoms with Gasteiger partial charge < -0.3 is 10.3 Å². The van der Waals surface area contributed by atoms with Crippen LogP contribution in [0.25, 0.3) is 56.0 Å². The number of aromatic nitrogens is 7. The summed E-state index contributed by atoms with van der Waals surface area (Å²) in [5, 5.41) is 11.3. The summed E-state index contributed by atoms with van der Waals surface area (Å²) >= 11 is 0. The van der Waals surface area contributed by atoms with Crippen LogP contribution in [0.4, 0.5) is 10.1 Å². The maximum Gasteiger partial charge on any atom is 0.228 e. The molecule has 0 spiro atoms. The molecule has 0 bridgehead atoms. The highest BCUT2D eigenvalue weighted by Crippen LogP contribution is 2.32. The number of carbonyl (C=O) groups excluding carboxylic acids is 1. The number of halogens is 1. The fourth-order valence-corrected chi connectivity index (χ4v) is 5.02. The van der Waals surface area contributed by atoms with Crippen LogP contribution >= 0.6 is 0 Å². The summed E-state index contributed by atoms with van der Waals surface area (Å²) in [5.74, 6) is 0.0795. The van der Waals surface area contributed by atoms with Crippen molar-refractivity contribution in [2.45, 2.75) is 13.3 Å². The zero-order valence-electron chi connectivity index (χ0n) is 22.4. The first-order valence-electron chi connectivity index (χ1n) is 13.3. The summed E-state index contributed by atoms with van der Waals surface area (Å²) in [7, 11) is 0. The molecular weight excluding hydrogens is 531 g/mol. The van der Waals surface area contributed by atoms with Crippen molar-refractivity contribution in [3.05, 3.63) is 108 Å². The smallest absolute Gasteiger partial charge is 0.228 e. The minimum atomic E-state index is -0.327. The average Bonchev–Trinajstić information content (AvgIpc) is 3.61.